The number of hydrogen-bond acceptors (Lipinski definition) is 3. The quantitative estimate of drug-likeness (QED) is 0.453. The van der Waals surface area contributed by atoms with Gasteiger partial charge in [0.05, 0.1) is 9.99 Å². The van der Waals surface area contributed by atoms with Crippen LogP contribution in [0.2, 0.25) is 5.02 Å². The second kappa shape index (κ2) is 3.67. The van der Waals surface area contributed by atoms with E-state index >= 15 is 0 Å². The van der Waals surface area contributed by atoms with Crippen LogP contribution in [0.3, 0.4) is 0 Å². The highest BCUT2D eigenvalue weighted by Crippen LogP contribution is 2.37. The summed E-state index contributed by atoms with van der Waals surface area (Å²) in [6, 6.07) is 3.18. The fourth-order valence-electron chi connectivity index (χ4n) is 1.41. The number of benzene rings is 1. The molecular weight excluding hydrogens is 316 g/mol. The molecule has 0 aliphatic carbocycles. The van der Waals surface area contributed by atoms with Gasteiger partial charge >= 0.3 is 5.97 Å². The zero-order valence-corrected chi connectivity index (χ0v) is 10.0. The molecule has 1 aromatic rings. The predicted molar refractivity (Wildman–Crippen MR) is 61.3 cm³/mol. The van der Waals surface area contributed by atoms with Gasteiger partial charge in [-0.25, -0.2) is 0 Å². The van der Waals surface area contributed by atoms with E-state index in [9.17, 15) is 4.79 Å². The van der Waals surface area contributed by atoms with E-state index in [1.54, 1.807) is 12.1 Å². The number of carbonyl (C=O) groups excluding carboxylic acids is 1. The first-order valence-corrected chi connectivity index (χ1v) is 5.49. The van der Waals surface area contributed by atoms with Crippen molar-refractivity contribution in [2.75, 3.05) is 0 Å². The second-order valence-corrected chi connectivity index (χ2v) is 4.69. The van der Waals surface area contributed by atoms with E-state index in [1.807, 2.05) is 0 Å². The lowest BCUT2D eigenvalue weighted by Gasteiger charge is -2.22. The summed E-state index contributed by atoms with van der Waals surface area (Å²) in [6.07, 6.45) is 0.212. The second-order valence-electron chi connectivity index (χ2n) is 3.09. The first-order valence-electron chi connectivity index (χ1n) is 4.03. The molecule has 2 rings (SSSR count). The molecule has 0 saturated heterocycles. The van der Waals surface area contributed by atoms with E-state index in [0.717, 1.165) is 9.13 Å². The van der Waals surface area contributed by atoms with E-state index in [1.165, 1.54) is 0 Å². The van der Waals surface area contributed by atoms with E-state index < -0.39 is 0 Å². The van der Waals surface area contributed by atoms with Crippen LogP contribution in [0.1, 0.15) is 18.0 Å². The van der Waals surface area contributed by atoms with Gasteiger partial charge in [0.1, 0.15) is 5.75 Å². The zero-order chi connectivity index (χ0) is 10.3. The Kier molecular flexibility index (Phi) is 2.68. The largest absolute Gasteiger partial charge is 0.425 e. The molecule has 1 aromatic carbocycles. The van der Waals surface area contributed by atoms with Gasteiger partial charge in [0.2, 0.25) is 0 Å². The summed E-state index contributed by atoms with van der Waals surface area (Å²) < 4.78 is 5.92. The van der Waals surface area contributed by atoms with E-state index in [-0.39, 0.29) is 18.4 Å². The predicted octanol–water partition coefficient (Wildman–Crippen LogP) is 2.25. The van der Waals surface area contributed by atoms with Crippen molar-refractivity contribution in [3.8, 4) is 5.75 Å². The van der Waals surface area contributed by atoms with Gasteiger partial charge in [-0.15, -0.1) is 0 Å². The molecular formula is C9H7ClINO2. The molecule has 74 valence electrons. The summed E-state index contributed by atoms with van der Waals surface area (Å²) in [5.74, 6) is 0.268. The fourth-order valence-corrected chi connectivity index (χ4v) is 2.58. The Morgan fingerprint density at radius 2 is 2.29 bits per heavy atom. The van der Waals surface area contributed by atoms with Crippen LogP contribution in [0.15, 0.2) is 12.1 Å². The molecule has 0 amide bonds. The Balaban J connectivity index is 2.58. The summed E-state index contributed by atoms with van der Waals surface area (Å²) in [6.45, 7) is 0. The van der Waals surface area contributed by atoms with Crippen LogP contribution in [0, 0.1) is 3.57 Å². The average molecular weight is 324 g/mol. The fraction of sp³-hybridized carbons (Fsp3) is 0.222. The number of esters is 1. The van der Waals surface area contributed by atoms with E-state index in [2.05, 4.69) is 22.6 Å². The molecule has 5 heteroatoms. The summed E-state index contributed by atoms with van der Waals surface area (Å²) in [5.41, 5.74) is 6.62. The smallest absolute Gasteiger partial charge is 0.313 e. The highest BCUT2D eigenvalue weighted by atomic mass is 127. The maximum atomic E-state index is 11.1. The van der Waals surface area contributed by atoms with Gasteiger partial charge in [0, 0.05) is 16.6 Å². The highest BCUT2D eigenvalue weighted by molar-refractivity contribution is 14.1. The third kappa shape index (κ3) is 1.74. The Morgan fingerprint density at radius 1 is 1.57 bits per heavy atom. The number of halogens is 2. The number of ether oxygens (including phenoxy) is 1. The molecule has 3 nitrogen and oxygen atoms in total. The van der Waals surface area contributed by atoms with Gasteiger partial charge in [0.15, 0.2) is 0 Å². The summed E-state index contributed by atoms with van der Waals surface area (Å²) in [5, 5.41) is 0.613. The van der Waals surface area contributed by atoms with Crippen LogP contribution in [0.4, 0.5) is 0 Å². The lowest BCUT2D eigenvalue weighted by atomic mass is 10.0. The van der Waals surface area contributed by atoms with E-state index in [4.69, 9.17) is 22.1 Å². The maximum absolute atomic E-state index is 11.1. The lowest BCUT2D eigenvalue weighted by molar-refractivity contribution is -0.135. The van der Waals surface area contributed by atoms with Crippen LogP contribution < -0.4 is 10.5 Å². The summed E-state index contributed by atoms with van der Waals surface area (Å²) in [4.78, 5) is 11.1. The normalized spacial score (nSPS) is 20.2. The lowest BCUT2D eigenvalue weighted by Crippen LogP contribution is -2.25. The standard InChI is InChI=1S/C9H7ClINO2/c10-4-1-5-7(12)3-8(13)14-9(5)6(11)2-4/h1-2,7H,3,12H2/t7-/m1/s1. The van der Waals surface area contributed by atoms with Crippen LogP contribution in [0.5, 0.6) is 5.75 Å². The van der Waals surface area contributed by atoms with Gasteiger partial charge in [-0.3, -0.25) is 4.79 Å². The molecule has 0 unspecified atom stereocenters. The Morgan fingerprint density at radius 3 is 3.00 bits per heavy atom. The van der Waals surface area contributed by atoms with Crippen molar-refractivity contribution in [3.63, 3.8) is 0 Å². The molecule has 1 atom stereocenters. The molecule has 0 radical (unpaired) electrons. The first kappa shape index (κ1) is 10.2. The van der Waals surface area contributed by atoms with Gasteiger partial charge in [0.25, 0.3) is 0 Å². The Hall–Kier alpha value is -0.330. The number of hydrogen-bond donors (Lipinski definition) is 1. The third-order valence-corrected chi connectivity index (χ3v) is 3.06. The molecule has 0 spiro atoms. The number of rotatable bonds is 0. The van der Waals surface area contributed by atoms with Crippen molar-refractivity contribution in [1.82, 2.24) is 0 Å². The monoisotopic (exact) mass is 323 g/mol. The molecule has 14 heavy (non-hydrogen) atoms. The van der Waals surface area contributed by atoms with Crippen molar-refractivity contribution in [3.05, 3.63) is 26.3 Å². The molecule has 2 N–H and O–H groups in total. The van der Waals surface area contributed by atoms with E-state index in [0.29, 0.717) is 10.8 Å². The molecule has 0 saturated carbocycles. The molecule has 0 fully saturated rings. The Labute approximate surface area is 99.7 Å². The SMILES string of the molecule is N[C@@H]1CC(=O)Oc2c(I)cc(Cl)cc21. The van der Waals surface area contributed by atoms with Crippen LogP contribution in [0.25, 0.3) is 0 Å². The van der Waals surface area contributed by atoms with Crippen molar-refractivity contribution in [1.29, 1.82) is 0 Å². The van der Waals surface area contributed by atoms with Crippen molar-refractivity contribution in [2.45, 2.75) is 12.5 Å². The zero-order valence-electron chi connectivity index (χ0n) is 7.09. The van der Waals surface area contributed by atoms with Crippen LogP contribution in [-0.4, -0.2) is 5.97 Å². The van der Waals surface area contributed by atoms with Crippen LogP contribution >= 0.6 is 34.2 Å². The van der Waals surface area contributed by atoms with Crippen molar-refractivity contribution >= 4 is 40.2 Å². The minimum Gasteiger partial charge on any atom is -0.425 e. The van der Waals surface area contributed by atoms with Crippen molar-refractivity contribution < 1.29 is 9.53 Å². The minimum atomic E-state index is -0.307. The van der Waals surface area contributed by atoms with Gasteiger partial charge in [-0.05, 0) is 34.7 Å². The first-order chi connectivity index (χ1) is 6.58. The molecule has 1 heterocycles. The van der Waals surface area contributed by atoms with Gasteiger partial charge in [-0.1, -0.05) is 11.6 Å². The topological polar surface area (TPSA) is 52.3 Å². The van der Waals surface area contributed by atoms with Gasteiger partial charge in [-0.2, -0.15) is 0 Å². The van der Waals surface area contributed by atoms with Crippen molar-refractivity contribution in [2.24, 2.45) is 5.73 Å². The summed E-state index contributed by atoms with van der Waals surface area (Å²) in [7, 11) is 0. The third-order valence-electron chi connectivity index (χ3n) is 2.04. The average Bonchev–Trinajstić information content (AvgIpc) is 2.07. The molecule has 1 aliphatic rings. The molecule has 0 aromatic heterocycles. The molecule has 0 bridgehead atoms. The summed E-state index contributed by atoms with van der Waals surface area (Å²) >= 11 is 7.95. The maximum Gasteiger partial charge on any atom is 0.313 e. The minimum absolute atomic E-state index is 0.212. The molecule has 1 aliphatic heterocycles. The van der Waals surface area contributed by atoms with Gasteiger partial charge < -0.3 is 10.5 Å². The number of fused-ring (bicyclic) bond motifs is 1. The highest BCUT2D eigenvalue weighted by Gasteiger charge is 2.26. The Bertz CT molecular complexity index is 408. The van der Waals surface area contributed by atoms with Crippen LogP contribution in [-0.2, 0) is 4.79 Å². The number of carbonyl (C=O) groups is 1. The number of nitrogens with two attached hydrogens (primary N) is 1.